The molecule has 5 nitrogen and oxygen atoms in total. The van der Waals surface area contributed by atoms with Crippen LogP contribution in [-0.2, 0) is 20.1 Å². The Hall–Kier alpha value is -2.27. The van der Waals surface area contributed by atoms with E-state index >= 15 is 0 Å². The maximum Gasteiger partial charge on any atom is 0.0890 e. The van der Waals surface area contributed by atoms with Gasteiger partial charge in [0.2, 0.25) is 0 Å². The summed E-state index contributed by atoms with van der Waals surface area (Å²) in [5.74, 6) is 0. The average Bonchev–Trinajstić information content (AvgIpc) is 2.84. The minimum absolute atomic E-state index is 0.689. The van der Waals surface area contributed by atoms with Crippen molar-refractivity contribution in [3.63, 3.8) is 0 Å². The van der Waals surface area contributed by atoms with Gasteiger partial charge in [0.25, 0.3) is 0 Å². The Morgan fingerprint density at radius 3 is 2.63 bits per heavy atom. The van der Waals surface area contributed by atoms with E-state index in [0.29, 0.717) is 6.54 Å². The van der Waals surface area contributed by atoms with Crippen molar-refractivity contribution in [2.45, 2.75) is 13.1 Å². The Labute approximate surface area is 111 Å². The van der Waals surface area contributed by atoms with Crippen molar-refractivity contribution < 1.29 is 0 Å². The van der Waals surface area contributed by atoms with Gasteiger partial charge in [-0.05, 0) is 18.2 Å². The molecule has 0 aliphatic carbocycles. The van der Waals surface area contributed by atoms with Crippen LogP contribution in [0.2, 0.25) is 0 Å². The zero-order chi connectivity index (χ0) is 13.1. The Morgan fingerprint density at radius 1 is 1.05 bits per heavy atom. The Balaban J connectivity index is 1.65. The van der Waals surface area contributed by atoms with Crippen LogP contribution >= 0.6 is 0 Å². The van der Waals surface area contributed by atoms with Crippen molar-refractivity contribution in [3.05, 3.63) is 54.1 Å². The van der Waals surface area contributed by atoms with Gasteiger partial charge in [-0.3, -0.25) is 9.67 Å². The standard InChI is InChI=1S/C14H15N5/c1-19-7-6-11(18-19)8-15-9-12-10-16-13-4-2-3-5-14(13)17-12/h2-7,10,15H,8-9H2,1H3. The van der Waals surface area contributed by atoms with Gasteiger partial charge >= 0.3 is 0 Å². The summed E-state index contributed by atoms with van der Waals surface area (Å²) in [5.41, 5.74) is 3.82. The minimum atomic E-state index is 0.689. The van der Waals surface area contributed by atoms with Crippen LogP contribution in [0, 0.1) is 0 Å². The normalized spacial score (nSPS) is 11.0. The average molecular weight is 253 g/mol. The molecule has 0 aliphatic heterocycles. The number of aromatic nitrogens is 4. The van der Waals surface area contributed by atoms with Crippen molar-refractivity contribution in [2.24, 2.45) is 7.05 Å². The zero-order valence-corrected chi connectivity index (χ0v) is 10.7. The predicted molar refractivity (Wildman–Crippen MR) is 73.3 cm³/mol. The molecule has 0 aliphatic rings. The number of nitrogens with zero attached hydrogens (tertiary/aromatic N) is 4. The molecule has 0 amide bonds. The molecule has 0 bridgehead atoms. The SMILES string of the molecule is Cn1ccc(CNCc2cnc3ccccc3n2)n1. The Morgan fingerprint density at radius 2 is 1.84 bits per heavy atom. The third kappa shape index (κ3) is 2.77. The van der Waals surface area contributed by atoms with E-state index in [1.54, 1.807) is 4.68 Å². The van der Waals surface area contributed by atoms with Gasteiger partial charge in [-0.25, -0.2) is 4.98 Å². The molecule has 19 heavy (non-hydrogen) atoms. The first-order chi connectivity index (χ1) is 9.31. The van der Waals surface area contributed by atoms with E-state index in [4.69, 9.17) is 0 Å². The van der Waals surface area contributed by atoms with Gasteiger partial charge < -0.3 is 5.32 Å². The van der Waals surface area contributed by atoms with Crippen LogP contribution in [0.4, 0.5) is 0 Å². The zero-order valence-electron chi connectivity index (χ0n) is 10.7. The lowest BCUT2D eigenvalue weighted by molar-refractivity contribution is 0.647. The maximum absolute atomic E-state index is 4.56. The summed E-state index contributed by atoms with van der Waals surface area (Å²) in [5, 5.41) is 7.63. The topological polar surface area (TPSA) is 55.6 Å². The number of hydrogen-bond donors (Lipinski definition) is 1. The fourth-order valence-electron chi connectivity index (χ4n) is 1.96. The molecule has 0 unspecified atom stereocenters. The van der Waals surface area contributed by atoms with Gasteiger partial charge in [-0.2, -0.15) is 5.10 Å². The predicted octanol–water partition coefficient (Wildman–Crippen LogP) is 1.65. The van der Waals surface area contributed by atoms with Gasteiger partial charge in [-0.1, -0.05) is 12.1 Å². The molecule has 0 fully saturated rings. The molecule has 0 saturated heterocycles. The smallest absolute Gasteiger partial charge is 0.0890 e. The fourth-order valence-corrected chi connectivity index (χ4v) is 1.96. The van der Waals surface area contributed by atoms with Crippen LogP contribution < -0.4 is 5.32 Å². The molecular formula is C14H15N5. The highest BCUT2D eigenvalue weighted by atomic mass is 15.3. The van der Waals surface area contributed by atoms with Crippen molar-refractivity contribution in [2.75, 3.05) is 0 Å². The summed E-state index contributed by atoms with van der Waals surface area (Å²) in [6.07, 6.45) is 3.75. The maximum atomic E-state index is 4.56. The second kappa shape index (κ2) is 5.16. The van der Waals surface area contributed by atoms with E-state index < -0.39 is 0 Å². The van der Waals surface area contributed by atoms with Crippen LogP contribution in [0.3, 0.4) is 0 Å². The fraction of sp³-hybridized carbons (Fsp3) is 0.214. The summed E-state index contributed by atoms with van der Waals surface area (Å²) >= 11 is 0. The van der Waals surface area contributed by atoms with Crippen LogP contribution in [0.1, 0.15) is 11.4 Å². The Bertz CT molecular complexity index is 689. The quantitative estimate of drug-likeness (QED) is 0.768. The number of hydrogen-bond acceptors (Lipinski definition) is 4. The van der Waals surface area contributed by atoms with Crippen molar-refractivity contribution >= 4 is 11.0 Å². The second-order valence-corrected chi connectivity index (χ2v) is 4.43. The van der Waals surface area contributed by atoms with E-state index in [1.807, 2.05) is 49.8 Å². The monoisotopic (exact) mass is 253 g/mol. The third-order valence-corrected chi connectivity index (χ3v) is 2.88. The lowest BCUT2D eigenvalue weighted by Gasteiger charge is -2.03. The molecule has 2 aromatic heterocycles. The number of benzene rings is 1. The highest BCUT2D eigenvalue weighted by Gasteiger charge is 2.00. The first-order valence-corrected chi connectivity index (χ1v) is 6.21. The lowest BCUT2D eigenvalue weighted by atomic mass is 10.3. The van der Waals surface area contributed by atoms with E-state index in [-0.39, 0.29) is 0 Å². The molecule has 0 spiro atoms. The third-order valence-electron chi connectivity index (χ3n) is 2.88. The van der Waals surface area contributed by atoms with E-state index in [2.05, 4.69) is 20.4 Å². The molecule has 0 radical (unpaired) electrons. The summed E-state index contributed by atoms with van der Waals surface area (Å²) < 4.78 is 1.80. The number of aryl methyl sites for hydroxylation is 1. The van der Waals surface area contributed by atoms with Gasteiger partial charge in [-0.15, -0.1) is 0 Å². The second-order valence-electron chi connectivity index (χ2n) is 4.43. The number of nitrogens with one attached hydrogen (secondary N) is 1. The van der Waals surface area contributed by atoms with Gasteiger partial charge in [0.15, 0.2) is 0 Å². The summed E-state index contributed by atoms with van der Waals surface area (Å²) in [6, 6.07) is 9.88. The molecule has 3 aromatic rings. The molecule has 0 atom stereocenters. The van der Waals surface area contributed by atoms with Gasteiger partial charge in [0.1, 0.15) is 0 Å². The van der Waals surface area contributed by atoms with E-state index in [0.717, 1.165) is 29.0 Å². The van der Waals surface area contributed by atoms with Crippen LogP contribution in [0.5, 0.6) is 0 Å². The lowest BCUT2D eigenvalue weighted by Crippen LogP contribution is -2.14. The van der Waals surface area contributed by atoms with Crippen molar-refractivity contribution in [1.29, 1.82) is 0 Å². The number of rotatable bonds is 4. The van der Waals surface area contributed by atoms with Crippen LogP contribution in [0.15, 0.2) is 42.7 Å². The highest BCUT2D eigenvalue weighted by molar-refractivity contribution is 5.73. The molecule has 3 rings (SSSR count). The van der Waals surface area contributed by atoms with Crippen molar-refractivity contribution in [1.82, 2.24) is 25.1 Å². The summed E-state index contributed by atoms with van der Waals surface area (Å²) in [6.45, 7) is 1.42. The molecule has 5 heteroatoms. The van der Waals surface area contributed by atoms with Gasteiger partial charge in [0, 0.05) is 26.3 Å². The van der Waals surface area contributed by atoms with Crippen LogP contribution in [-0.4, -0.2) is 19.7 Å². The first-order valence-electron chi connectivity index (χ1n) is 6.21. The molecule has 1 N–H and O–H groups in total. The van der Waals surface area contributed by atoms with Crippen molar-refractivity contribution in [3.8, 4) is 0 Å². The van der Waals surface area contributed by atoms with E-state index in [9.17, 15) is 0 Å². The molecule has 0 saturated carbocycles. The van der Waals surface area contributed by atoms with Crippen LogP contribution in [0.25, 0.3) is 11.0 Å². The highest BCUT2D eigenvalue weighted by Crippen LogP contribution is 2.08. The summed E-state index contributed by atoms with van der Waals surface area (Å²) in [7, 11) is 1.91. The molecule has 2 heterocycles. The minimum Gasteiger partial charge on any atom is -0.305 e. The summed E-state index contributed by atoms with van der Waals surface area (Å²) in [4.78, 5) is 8.95. The van der Waals surface area contributed by atoms with Gasteiger partial charge in [0.05, 0.1) is 28.6 Å². The number of para-hydroxylation sites is 2. The molecule has 96 valence electrons. The van der Waals surface area contributed by atoms with E-state index in [1.165, 1.54) is 0 Å². The molecule has 1 aromatic carbocycles. The largest absolute Gasteiger partial charge is 0.305 e. The molecular weight excluding hydrogens is 238 g/mol. The Kier molecular flexibility index (Phi) is 3.20. The number of fused-ring (bicyclic) bond motifs is 1. The first kappa shape index (κ1) is 11.8.